The smallest absolute Gasteiger partial charge is 0.434 e. The Hall–Kier alpha value is -3.47. The van der Waals surface area contributed by atoms with Crippen molar-refractivity contribution in [3.63, 3.8) is 0 Å². The lowest BCUT2D eigenvalue weighted by Crippen LogP contribution is -2.39. The van der Waals surface area contributed by atoms with Crippen molar-refractivity contribution in [3.05, 3.63) is 59.6 Å². The highest BCUT2D eigenvalue weighted by Crippen LogP contribution is 2.38. The Balaban J connectivity index is 1.24. The molecule has 0 saturated heterocycles. The van der Waals surface area contributed by atoms with Crippen molar-refractivity contribution in [2.45, 2.75) is 44.1 Å². The van der Waals surface area contributed by atoms with E-state index in [1.807, 2.05) is 30.4 Å². The molecule has 1 aromatic rings. The van der Waals surface area contributed by atoms with Gasteiger partial charge in [-0.1, -0.05) is 24.3 Å². The number of methoxy groups -OCH3 is 1. The fraction of sp³-hybridized carbons (Fsp3) is 0.481. The average Bonchev–Trinajstić information content (AvgIpc) is 3.71. The average molecular weight is 529 g/mol. The number of hydrogen-bond acceptors (Lipinski definition) is 7. The molecule has 3 heterocycles. The predicted octanol–water partition coefficient (Wildman–Crippen LogP) is 4.64. The van der Waals surface area contributed by atoms with Gasteiger partial charge < -0.3 is 19.7 Å². The van der Waals surface area contributed by atoms with Crippen LogP contribution in [-0.4, -0.2) is 58.8 Å². The van der Waals surface area contributed by atoms with E-state index in [0.29, 0.717) is 36.8 Å². The topological polar surface area (TPSA) is 96.4 Å². The van der Waals surface area contributed by atoms with Crippen molar-refractivity contribution < 1.29 is 23.0 Å². The fourth-order valence-corrected chi connectivity index (χ4v) is 5.04. The van der Waals surface area contributed by atoms with E-state index in [4.69, 9.17) is 4.74 Å². The van der Waals surface area contributed by atoms with Crippen molar-refractivity contribution >= 4 is 23.8 Å². The number of nitrogens with one attached hydrogen (secondary N) is 1. The zero-order valence-corrected chi connectivity index (χ0v) is 21.3. The summed E-state index contributed by atoms with van der Waals surface area (Å²) in [6.45, 7) is 0.528. The maximum atomic E-state index is 13.1. The van der Waals surface area contributed by atoms with Gasteiger partial charge >= 0.3 is 6.18 Å². The monoisotopic (exact) mass is 528 g/mol. The van der Waals surface area contributed by atoms with Crippen LogP contribution in [-0.2, 0) is 18.0 Å². The number of halogens is 3. The SMILES string of the molecule is COC1N=CN=C(C2CC2)C1C1C=CC(NCC2C=CCC(c3nc(C(F)(F)F)cn3C)=CC2)=C(O)C=N1. The molecule has 2 aliphatic heterocycles. The van der Waals surface area contributed by atoms with E-state index in [9.17, 15) is 18.3 Å². The summed E-state index contributed by atoms with van der Waals surface area (Å²) < 4.78 is 46.3. The number of ether oxygens (including phenoxy) is 1. The van der Waals surface area contributed by atoms with Crippen LogP contribution < -0.4 is 5.32 Å². The maximum Gasteiger partial charge on any atom is 0.434 e. The zero-order valence-electron chi connectivity index (χ0n) is 21.3. The van der Waals surface area contributed by atoms with E-state index in [1.54, 1.807) is 20.5 Å². The quantitative estimate of drug-likeness (QED) is 0.504. The molecule has 0 spiro atoms. The van der Waals surface area contributed by atoms with Gasteiger partial charge in [0.05, 0.1) is 23.9 Å². The second-order valence-electron chi connectivity index (χ2n) is 9.97. The Bertz CT molecular complexity index is 1270. The summed E-state index contributed by atoms with van der Waals surface area (Å²) in [4.78, 5) is 17.3. The standard InChI is InChI=1S/C27H31F3N6O2/c1-36-14-22(27(28,29)30)35-25(36)18-5-3-4-16(6-7-18)12-31-19-10-11-20(32-13-21(19)37)23-24(17-8-9-17)33-15-34-26(23)38-2/h3-4,7,10-11,13-17,20,23,26,31,37H,5-6,8-9,12H2,1-2H3. The number of aliphatic imine (C=N–C) groups is 3. The van der Waals surface area contributed by atoms with E-state index >= 15 is 0 Å². The molecule has 38 heavy (non-hydrogen) atoms. The summed E-state index contributed by atoms with van der Waals surface area (Å²) >= 11 is 0. The minimum absolute atomic E-state index is 0.0310. The van der Waals surface area contributed by atoms with Crippen LogP contribution in [0.2, 0.25) is 0 Å². The molecule has 4 atom stereocenters. The van der Waals surface area contributed by atoms with Crippen LogP contribution >= 0.6 is 0 Å². The first-order chi connectivity index (χ1) is 18.2. The first kappa shape index (κ1) is 26.1. The van der Waals surface area contributed by atoms with E-state index in [0.717, 1.165) is 30.3 Å². The van der Waals surface area contributed by atoms with Crippen LogP contribution in [0.1, 0.15) is 37.2 Å². The third kappa shape index (κ3) is 5.67. The first-order valence-electron chi connectivity index (χ1n) is 12.7. The Morgan fingerprint density at radius 3 is 2.74 bits per heavy atom. The van der Waals surface area contributed by atoms with Gasteiger partial charge in [0.1, 0.15) is 12.2 Å². The molecule has 4 unspecified atom stereocenters. The highest BCUT2D eigenvalue weighted by molar-refractivity contribution is 5.98. The number of nitrogens with zero attached hydrogens (tertiary/aromatic N) is 5. The van der Waals surface area contributed by atoms with Crippen molar-refractivity contribution in [3.8, 4) is 0 Å². The van der Waals surface area contributed by atoms with Crippen molar-refractivity contribution in [2.24, 2.45) is 39.8 Å². The molecule has 2 N–H and O–H groups in total. The molecule has 1 aromatic heterocycles. The molecule has 4 aliphatic rings. The fourth-order valence-electron chi connectivity index (χ4n) is 5.04. The Labute approximate surface area is 219 Å². The summed E-state index contributed by atoms with van der Waals surface area (Å²) in [6.07, 6.45) is 12.2. The van der Waals surface area contributed by atoms with Gasteiger partial charge in [0, 0.05) is 32.6 Å². The van der Waals surface area contributed by atoms with E-state index in [1.165, 1.54) is 10.8 Å². The Morgan fingerprint density at radius 2 is 2.03 bits per heavy atom. The summed E-state index contributed by atoms with van der Waals surface area (Å²) in [5.41, 5.74) is 1.47. The molecule has 1 saturated carbocycles. The largest absolute Gasteiger partial charge is 0.504 e. The van der Waals surface area contributed by atoms with Gasteiger partial charge in [-0.2, -0.15) is 13.2 Å². The predicted molar refractivity (Wildman–Crippen MR) is 140 cm³/mol. The van der Waals surface area contributed by atoms with E-state index in [2.05, 4.69) is 25.3 Å². The molecule has 1 fully saturated rings. The van der Waals surface area contributed by atoms with Gasteiger partial charge in [0.15, 0.2) is 17.7 Å². The number of aliphatic hydroxyl groups excluding tert-OH is 1. The Kier molecular flexibility index (Phi) is 7.38. The third-order valence-electron chi connectivity index (χ3n) is 7.20. The lowest BCUT2D eigenvalue weighted by Gasteiger charge is -2.30. The van der Waals surface area contributed by atoms with Crippen LogP contribution in [0, 0.1) is 17.8 Å². The van der Waals surface area contributed by atoms with Gasteiger partial charge in [-0.25, -0.2) is 15.0 Å². The first-order valence-corrected chi connectivity index (χ1v) is 12.7. The highest BCUT2D eigenvalue weighted by Gasteiger charge is 2.41. The number of aromatic nitrogens is 2. The summed E-state index contributed by atoms with van der Waals surface area (Å²) in [5, 5.41) is 13.9. The number of hydrogen-bond donors (Lipinski definition) is 2. The minimum atomic E-state index is -4.48. The van der Waals surface area contributed by atoms with E-state index in [-0.39, 0.29) is 29.9 Å². The van der Waals surface area contributed by atoms with Crippen molar-refractivity contribution in [1.29, 1.82) is 0 Å². The third-order valence-corrected chi connectivity index (χ3v) is 7.20. The highest BCUT2D eigenvalue weighted by atomic mass is 19.4. The molecule has 5 rings (SSSR count). The summed E-state index contributed by atoms with van der Waals surface area (Å²) in [7, 11) is 3.20. The van der Waals surface area contributed by atoms with Crippen LogP contribution in [0.15, 0.2) is 63.0 Å². The lowest BCUT2D eigenvalue weighted by atomic mass is 9.89. The normalized spacial score (nSPS) is 27.7. The molecule has 0 aromatic carbocycles. The van der Waals surface area contributed by atoms with Crippen LogP contribution in [0.25, 0.3) is 5.57 Å². The van der Waals surface area contributed by atoms with Crippen LogP contribution in [0.3, 0.4) is 0 Å². The molecule has 0 amide bonds. The second kappa shape index (κ2) is 10.7. The second-order valence-corrected chi connectivity index (χ2v) is 9.97. The minimum Gasteiger partial charge on any atom is -0.504 e. The Morgan fingerprint density at radius 1 is 1.21 bits per heavy atom. The lowest BCUT2D eigenvalue weighted by molar-refractivity contribution is -0.141. The van der Waals surface area contributed by atoms with Crippen LogP contribution in [0.4, 0.5) is 13.2 Å². The maximum absolute atomic E-state index is 13.1. The van der Waals surface area contributed by atoms with Crippen molar-refractivity contribution in [2.75, 3.05) is 13.7 Å². The van der Waals surface area contributed by atoms with Gasteiger partial charge in [0.25, 0.3) is 0 Å². The number of imidazole rings is 1. The number of allylic oxidation sites excluding steroid dienone is 5. The number of rotatable bonds is 7. The molecule has 0 radical (unpaired) electrons. The van der Waals surface area contributed by atoms with E-state index < -0.39 is 11.9 Å². The van der Waals surface area contributed by atoms with Crippen molar-refractivity contribution in [1.82, 2.24) is 14.9 Å². The van der Waals surface area contributed by atoms with Gasteiger partial charge in [-0.3, -0.25) is 4.99 Å². The van der Waals surface area contributed by atoms with Gasteiger partial charge in [0.2, 0.25) is 0 Å². The molecular formula is C27H31F3N6O2. The molecular weight excluding hydrogens is 497 g/mol. The molecule has 11 heteroatoms. The molecule has 0 bridgehead atoms. The van der Waals surface area contributed by atoms with Crippen LogP contribution in [0.5, 0.6) is 0 Å². The zero-order chi connectivity index (χ0) is 26.9. The molecule has 202 valence electrons. The van der Waals surface area contributed by atoms with Gasteiger partial charge in [-0.15, -0.1) is 0 Å². The molecule has 8 nitrogen and oxygen atoms in total. The number of aryl methyl sites for hydroxylation is 1. The number of alkyl halides is 3. The summed E-state index contributed by atoms with van der Waals surface area (Å²) in [6, 6.07) is -0.277. The molecule has 2 aliphatic carbocycles. The van der Waals surface area contributed by atoms with Gasteiger partial charge in [-0.05, 0) is 49.2 Å². The number of aliphatic hydroxyl groups is 1. The summed E-state index contributed by atoms with van der Waals surface area (Å²) in [5.74, 6) is 0.734.